The molecule has 1 aliphatic rings. The lowest BCUT2D eigenvalue weighted by Crippen LogP contribution is -2.42. The van der Waals surface area contributed by atoms with E-state index in [9.17, 15) is 4.79 Å². The van der Waals surface area contributed by atoms with Crippen molar-refractivity contribution in [3.8, 4) is 0 Å². The fourth-order valence-electron chi connectivity index (χ4n) is 2.58. The van der Waals surface area contributed by atoms with Gasteiger partial charge in [0.25, 0.3) is 0 Å². The zero-order valence-electron chi connectivity index (χ0n) is 10.9. The number of nitrogens with two attached hydrogens (primary N) is 1. The second-order valence-electron chi connectivity index (χ2n) is 5.35. The summed E-state index contributed by atoms with van der Waals surface area (Å²) in [6, 6.07) is 0.579. The van der Waals surface area contributed by atoms with E-state index >= 15 is 0 Å². The van der Waals surface area contributed by atoms with Crippen LogP contribution in [0.25, 0.3) is 0 Å². The molecule has 1 amide bonds. The number of nitrogens with zero attached hydrogens (tertiary/aromatic N) is 1. The van der Waals surface area contributed by atoms with Crippen molar-refractivity contribution in [3.63, 3.8) is 0 Å². The average Bonchev–Trinajstić information content (AvgIpc) is 2.25. The van der Waals surface area contributed by atoms with Crippen LogP contribution in [0.1, 0.15) is 52.4 Å². The molecule has 1 saturated carbocycles. The molecular formula is C13H26N2O. The van der Waals surface area contributed by atoms with Crippen LogP contribution in [-0.2, 0) is 4.79 Å². The summed E-state index contributed by atoms with van der Waals surface area (Å²) >= 11 is 0. The first kappa shape index (κ1) is 13.5. The van der Waals surface area contributed by atoms with E-state index in [-0.39, 0.29) is 11.9 Å². The fraction of sp³-hybridized carbons (Fsp3) is 0.923. The average molecular weight is 226 g/mol. The maximum absolute atomic E-state index is 12.0. The molecule has 3 nitrogen and oxygen atoms in total. The molecule has 94 valence electrons. The highest BCUT2D eigenvalue weighted by molar-refractivity contribution is 5.76. The van der Waals surface area contributed by atoms with Crippen LogP contribution in [0.15, 0.2) is 0 Å². The molecule has 0 aromatic heterocycles. The van der Waals surface area contributed by atoms with Gasteiger partial charge in [-0.3, -0.25) is 4.79 Å². The van der Waals surface area contributed by atoms with Gasteiger partial charge in [-0.1, -0.05) is 19.8 Å². The van der Waals surface area contributed by atoms with Gasteiger partial charge in [-0.25, -0.2) is 0 Å². The number of hydrogen-bond acceptors (Lipinski definition) is 2. The topological polar surface area (TPSA) is 46.3 Å². The predicted octanol–water partition coefficient (Wildman–Crippen LogP) is 2.15. The molecule has 0 saturated heterocycles. The van der Waals surface area contributed by atoms with Crippen LogP contribution in [-0.4, -0.2) is 29.9 Å². The van der Waals surface area contributed by atoms with Crippen molar-refractivity contribution in [2.45, 2.75) is 64.5 Å². The Kier molecular flexibility index (Phi) is 5.26. The molecular weight excluding hydrogens is 200 g/mol. The van der Waals surface area contributed by atoms with E-state index in [0.29, 0.717) is 18.4 Å². The number of carbonyl (C=O) groups excluding carboxylic acids is 1. The number of rotatable bonds is 4. The van der Waals surface area contributed by atoms with Gasteiger partial charge in [0.2, 0.25) is 5.91 Å². The van der Waals surface area contributed by atoms with E-state index in [4.69, 9.17) is 5.73 Å². The second kappa shape index (κ2) is 6.24. The van der Waals surface area contributed by atoms with Gasteiger partial charge < -0.3 is 10.6 Å². The van der Waals surface area contributed by atoms with E-state index in [1.165, 1.54) is 25.7 Å². The lowest BCUT2D eigenvalue weighted by atomic mass is 9.85. The first-order valence-corrected chi connectivity index (χ1v) is 6.53. The molecule has 0 bridgehead atoms. The van der Waals surface area contributed by atoms with Crippen molar-refractivity contribution in [2.75, 3.05) is 7.05 Å². The van der Waals surface area contributed by atoms with Crippen molar-refractivity contribution >= 4 is 5.91 Å². The molecule has 0 aromatic carbocycles. The summed E-state index contributed by atoms with van der Waals surface area (Å²) in [7, 11) is 1.95. The van der Waals surface area contributed by atoms with Gasteiger partial charge in [-0.05, 0) is 32.1 Å². The lowest BCUT2D eigenvalue weighted by Gasteiger charge is -2.36. The Balaban J connectivity index is 2.42. The minimum Gasteiger partial charge on any atom is -0.343 e. The van der Waals surface area contributed by atoms with Crippen molar-refractivity contribution in [1.82, 2.24) is 4.90 Å². The summed E-state index contributed by atoms with van der Waals surface area (Å²) in [5, 5.41) is 0. The maximum atomic E-state index is 12.0. The molecule has 1 fully saturated rings. The highest BCUT2D eigenvalue weighted by Crippen LogP contribution is 2.27. The third-order valence-corrected chi connectivity index (χ3v) is 3.77. The van der Waals surface area contributed by atoms with Gasteiger partial charge in [0.15, 0.2) is 0 Å². The first-order chi connectivity index (χ1) is 7.52. The second-order valence-corrected chi connectivity index (χ2v) is 5.35. The monoisotopic (exact) mass is 226 g/mol. The van der Waals surface area contributed by atoms with E-state index in [1.54, 1.807) is 0 Å². The largest absolute Gasteiger partial charge is 0.343 e. The van der Waals surface area contributed by atoms with E-state index in [2.05, 4.69) is 6.92 Å². The van der Waals surface area contributed by atoms with Crippen molar-refractivity contribution < 1.29 is 4.79 Å². The molecule has 2 N–H and O–H groups in total. The number of carbonyl (C=O) groups is 1. The summed E-state index contributed by atoms with van der Waals surface area (Å²) < 4.78 is 0. The molecule has 3 atom stereocenters. The highest BCUT2D eigenvalue weighted by Gasteiger charge is 2.27. The van der Waals surface area contributed by atoms with Gasteiger partial charge in [0.05, 0.1) is 0 Å². The number of amides is 1. The third kappa shape index (κ3) is 3.78. The van der Waals surface area contributed by atoms with Crippen LogP contribution in [0.2, 0.25) is 0 Å². The van der Waals surface area contributed by atoms with Gasteiger partial charge >= 0.3 is 0 Å². The van der Waals surface area contributed by atoms with Crippen LogP contribution >= 0.6 is 0 Å². The molecule has 1 rings (SSSR count). The lowest BCUT2D eigenvalue weighted by molar-refractivity contribution is -0.133. The van der Waals surface area contributed by atoms with Gasteiger partial charge in [-0.15, -0.1) is 0 Å². The Hall–Kier alpha value is -0.570. The molecule has 16 heavy (non-hydrogen) atoms. The molecule has 1 aliphatic carbocycles. The quantitative estimate of drug-likeness (QED) is 0.798. The normalized spacial score (nSPS) is 27.5. The Bertz CT molecular complexity index is 228. The van der Waals surface area contributed by atoms with Gasteiger partial charge in [0, 0.05) is 25.6 Å². The van der Waals surface area contributed by atoms with Crippen LogP contribution < -0.4 is 5.73 Å². The third-order valence-electron chi connectivity index (χ3n) is 3.77. The Morgan fingerprint density at radius 3 is 2.62 bits per heavy atom. The van der Waals surface area contributed by atoms with E-state index in [1.807, 2.05) is 18.9 Å². The molecule has 0 aliphatic heterocycles. The molecule has 0 aromatic rings. The Morgan fingerprint density at radius 2 is 2.06 bits per heavy atom. The summed E-state index contributed by atoms with van der Waals surface area (Å²) in [5.41, 5.74) is 5.68. The van der Waals surface area contributed by atoms with Crippen molar-refractivity contribution in [2.24, 2.45) is 11.7 Å². The minimum absolute atomic E-state index is 0.126. The van der Waals surface area contributed by atoms with Crippen LogP contribution in [0, 0.1) is 5.92 Å². The van der Waals surface area contributed by atoms with Crippen molar-refractivity contribution in [1.29, 1.82) is 0 Å². The standard InChI is InChI=1S/C13H26N2O/c1-10-6-4-5-7-12(10)15(3)13(16)9-8-11(2)14/h10-12H,4-9,14H2,1-3H3. The van der Waals surface area contributed by atoms with E-state index in [0.717, 1.165) is 6.42 Å². The summed E-state index contributed by atoms with van der Waals surface area (Å²) in [5.74, 6) is 0.911. The molecule has 0 radical (unpaired) electrons. The first-order valence-electron chi connectivity index (χ1n) is 6.53. The molecule has 0 spiro atoms. The molecule has 3 unspecified atom stereocenters. The number of hydrogen-bond donors (Lipinski definition) is 1. The minimum atomic E-state index is 0.126. The fourth-order valence-corrected chi connectivity index (χ4v) is 2.58. The van der Waals surface area contributed by atoms with Crippen LogP contribution in [0.3, 0.4) is 0 Å². The van der Waals surface area contributed by atoms with Crippen molar-refractivity contribution in [3.05, 3.63) is 0 Å². The summed E-state index contributed by atoms with van der Waals surface area (Å²) in [6.07, 6.45) is 6.40. The zero-order valence-corrected chi connectivity index (χ0v) is 10.9. The smallest absolute Gasteiger partial charge is 0.222 e. The van der Waals surface area contributed by atoms with Crippen LogP contribution in [0.4, 0.5) is 0 Å². The molecule has 3 heteroatoms. The highest BCUT2D eigenvalue weighted by atomic mass is 16.2. The summed E-state index contributed by atoms with van der Waals surface area (Å²) in [4.78, 5) is 13.9. The van der Waals surface area contributed by atoms with E-state index < -0.39 is 0 Å². The Labute approximate surface area is 99.4 Å². The van der Waals surface area contributed by atoms with Crippen LogP contribution in [0.5, 0.6) is 0 Å². The zero-order chi connectivity index (χ0) is 12.1. The SMILES string of the molecule is CC(N)CCC(=O)N(C)C1CCCCC1C. The molecule has 0 heterocycles. The van der Waals surface area contributed by atoms with Gasteiger partial charge in [-0.2, -0.15) is 0 Å². The maximum Gasteiger partial charge on any atom is 0.222 e. The van der Waals surface area contributed by atoms with Gasteiger partial charge in [0.1, 0.15) is 0 Å². The predicted molar refractivity (Wildman–Crippen MR) is 67.1 cm³/mol. The Morgan fingerprint density at radius 1 is 1.44 bits per heavy atom. The summed E-state index contributed by atoms with van der Waals surface area (Å²) in [6.45, 7) is 4.22.